The van der Waals surface area contributed by atoms with Gasteiger partial charge in [0.1, 0.15) is 35.5 Å². The second kappa shape index (κ2) is 8.92. The van der Waals surface area contributed by atoms with Gasteiger partial charge in [-0.05, 0) is 20.8 Å². The van der Waals surface area contributed by atoms with E-state index >= 15 is 0 Å². The first-order valence-electron chi connectivity index (χ1n) is 9.54. The minimum atomic E-state index is -5.09. The summed E-state index contributed by atoms with van der Waals surface area (Å²) in [6.45, 7) is 3.86. The molecule has 33 heavy (non-hydrogen) atoms. The molecule has 0 radical (unpaired) electrons. The fourth-order valence-corrected chi connectivity index (χ4v) is 3.72. The highest BCUT2D eigenvalue weighted by Crippen LogP contribution is 2.43. The Labute approximate surface area is 186 Å². The Morgan fingerprint density at radius 3 is 2.61 bits per heavy atom. The second-order valence-corrected chi connectivity index (χ2v) is 9.87. The van der Waals surface area contributed by atoms with E-state index in [2.05, 4.69) is 15.0 Å². The molecule has 0 amide bonds. The van der Waals surface area contributed by atoms with Crippen LogP contribution in [0, 0.1) is 11.3 Å². The third kappa shape index (κ3) is 5.28. The number of fused-ring (bicyclic) bond motifs is 1. The molecule has 15 nitrogen and oxygen atoms in total. The van der Waals surface area contributed by atoms with E-state index in [1.54, 1.807) is 6.07 Å². The summed E-state index contributed by atoms with van der Waals surface area (Å²) in [6.07, 6.45) is -4.48. The number of hydrogen-bond acceptors (Lipinski definition) is 12. The van der Waals surface area contributed by atoms with Gasteiger partial charge < -0.3 is 39.9 Å². The van der Waals surface area contributed by atoms with Crippen LogP contribution in [0.3, 0.4) is 0 Å². The predicted molar refractivity (Wildman–Crippen MR) is 108 cm³/mol. The monoisotopic (exact) mass is 486 g/mol. The number of aliphatic hydroxyl groups excluding tert-OH is 2. The van der Waals surface area contributed by atoms with E-state index in [1.807, 2.05) is 0 Å². The largest absolute Gasteiger partial charge is 0.458 e. The van der Waals surface area contributed by atoms with Crippen molar-refractivity contribution in [3.63, 3.8) is 0 Å². The number of imidazole rings is 1. The number of nitrogens with two attached hydrogens (primary N) is 1. The molecule has 0 bridgehead atoms. The fraction of sp³-hybridized carbons (Fsp3) is 0.588. The van der Waals surface area contributed by atoms with E-state index in [4.69, 9.17) is 25.2 Å². The van der Waals surface area contributed by atoms with E-state index in [0.717, 1.165) is 0 Å². The lowest BCUT2D eigenvalue weighted by Crippen LogP contribution is -2.38. The van der Waals surface area contributed by atoms with Crippen LogP contribution in [0.2, 0.25) is 0 Å². The van der Waals surface area contributed by atoms with Crippen molar-refractivity contribution in [1.29, 1.82) is 5.26 Å². The predicted octanol–water partition coefficient (Wildman–Crippen LogP) is -1.24. The highest BCUT2D eigenvalue weighted by atomic mass is 31.2. The highest BCUT2D eigenvalue weighted by Gasteiger charge is 2.47. The molecule has 0 saturated carbocycles. The molecule has 2 aromatic heterocycles. The van der Waals surface area contributed by atoms with E-state index in [9.17, 15) is 29.4 Å². The van der Waals surface area contributed by atoms with Gasteiger partial charge in [0, 0.05) is 0 Å². The molecular weight excluding hydrogens is 463 g/mol. The summed E-state index contributed by atoms with van der Waals surface area (Å²) in [6, 6.07) is 1.74. The second-order valence-electron chi connectivity index (χ2n) is 8.22. The third-order valence-electron chi connectivity index (χ3n) is 4.49. The molecular formula is C17H23N6O9P. The minimum Gasteiger partial charge on any atom is -0.458 e. The Kier molecular flexibility index (Phi) is 6.74. The average molecular weight is 486 g/mol. The van der Waals surface area contributed by atoms with E-state index < -0.39 is 56.2 Å². The molecule has 3 rings (SSSR count). The number of nitrogens with zero attached hydrogens (tertiary/aromatic N) is 5. The van der Waals surface area contributed by atoms with Crippen LogP contribution in [0.4, 0.5) is 5.82 Å². The number of carbonyl (C=O) groups is 1. The van der Waals surface area contributed by atoms with Crippen LogP contribution in [0.1, 0.15) is 32.8 Å². The number of anilines is 1. The number of nitriles is 1. The van der Waals surface area contributed by atoms with Crippen LogP contribution in [-0.2, 0) is 23.6 Å². The molecule has 3 heterocycles. The number of hydrogen-bond donors (Lipinski definition) is 5. The zero-order chi connectivity index (χ0) is 24.7. The zero-order valence-electron chi connectivity index (χ0n) is 17.8. The standard InChI is InChI=1S/C17H23N6O9P/c1-17(2,3)32-15(26)16(33(27,28)29)30-5-7-10(24)11(25)14(31-7)23-6-20-9-12(19)21-8(4-18)22-13(9)23/h6-7,10-11,14,16,24-25H,5H2,1-3H3,(H2,19,21,22)(H2,27,28,29)/t7-,10-,11-,14-,16+/m1/s1. The SMILES string of the molecule is CC(C)(C)OC(=O)[C@@H](OC[C@H]1O[C@@H](n2cnc3c(N)nc(C#N)nc32)[C@H](O)[C@@H]1O)P(=O)(O)O. The Balaban J connectivity index is 1.80. The van der Waals surface area contributed by atoms with Crippen molar-refractivity contribution in [2.75, 3.05) is 12.3 Å². The van der Waals surface area contributed by atoms with Crippen LogP contribution >= 0.6 is 7.60 Å². The van der Waals surface area contributed by atoms with E-state index in [0.29, 0.717) is 0 Å². The van der Waals surface area contributed by atoms with Crippen molar-refractivity contribution in [2.45, 2.75) is 56.8 Å². The molecule has 0 aromatic carbocycles. The number of esters is 1. The summed E-state index contributed by atoms with van der Waals surface area (Å²) in [5, 5.41) is 29.9. The van der Waals surface area contributed by atoms with Gasteiger partial charge in [0.15, 0.2) is 17.7 Å². The Morgan fingerprint density at radius 1 is 1.36 bits per heavy atom. The lowest BCUT2D eigenvalue weighted by atomic mass is 10.1. The van der Waals surface area contributed by atoms with Gasteiger partial charge in [-0.1, -0.05) is 0 Å². The maximum absolute atomic E-state index is 12.2. The van der Waals surface area contributed by atoms with Gasteiger partial charge in [-0.2, -0.15) is 15.2 Å². The number of carbonyl (C=O) groups excluding carboxylic acids is 1. The van der Waals surface area contributed by atoms with Crippen molar-refractivity contribution in [2.24, 2.45) is 0 Å². The number of rotatable bonds is 6. The van der Waals surface area contributed by atoms with Crippen molar-refractivity contribution < 1.29 is 43.6 Å². The topological polar surface area (TPSA) is 236 Å². The van der Waals surface area contributed by atoms with Gasteiger partial charge in [0.25, 0.3) is 5.85 Å². The summed E-state index contributed by atoms with van der Waals surface area (Å²) >= 11 is 0. The lowest BCUT2D eigenvalue weighted by molar-refractivity contribution is -0.166. The summed E-state index contributed by atoms with van der Waals surface area (Å²) in [5.41, 5.74) is 4.91. The van der Waals surface area contributed by atoms with E-state index in [-0.39, 0.29) is 22.8 Å². The first kappa shape index (κ1) is 24.9. The summed E-state index contributed by atoms with van der Waals surface area (Å²) < 4.78 is 28.6. The maximum atomic E-state index is 12.2. The molecule has 1 fully saturated rings. The normalized spacial score (nSPS) is 24.5. The van der Waals surface area contributed by atoms with Crippen LogP contribution in [0.5, 0.6) is 0 Å². The minimum absolute atomic E-state index is 0.0544. The number of ether oxygens (including phenoxy) is 3. The van der Waals surface area contributed by atoms with Gasteiger partial charge in [0.2, 0.25) is 5.82 Å². The number of aromatic nitrogens is 4. The molecule has 1 aliphatic rings. The van der Waals surface area contributed by atoms with Gasteiger partial charge in [-0.25, -0.2) is 9.78 Å². The lowest BCUT2D eigenvalue weighted by Gasteiger charge is -2.25. The first-order chi connectivity index (χ1) is 15.2. The Morgan fingerprint density at radius 2 is 2.03 bits per heavy atom. The average Bonchev–Trinajstić information content (AvgIpc) is 3.22. The summed E-state index contributed by atoms with van der Waals surface area (Å²) in [7, 11) is -5.09. The molecule has 0 unspecified atom stereocenters. The molecule has 1 aliphatic heterocycles. The quantitative estimate of drug-likeness (QED) is 0.237. The Hall–Kier alpha value is -2.70. The maximum Gasteiger partial charge on any atom is 0.365 e. The third-order valence-corrected chi connectivity index (χ3v) is 5.46. The summed E-state index contributed by atoms with van der Waals surface area (Å²) in [4.78, 5) is 43.0. The summed E-state index contributed by atoms with van der Waals surface area (Å²) in [5.74, 6) is -3.89. The van der Waals surface area contributed by atoms with Crippen LogP contribution < -0.4 is 5.73 Å². The molecule has 180 valence electrons. The van der Waals surface area contributed by atoms with Crippen LogP contribution in [0.15, 0.2) is 6.33 Å². The van der Waals surface area contributed by atoms with Crippen molar-refractivity contribution >= 4 is 30.5 Å². The molecule has 1 saturated heterocycles. The highest BCUT2D eigenvalue weighted by molar-refractivity contribution is 7.53. The first-order valence-corrected chi connectivity index (χ1v) is 11.2. The number of nitrogen functional groups attached to an aromatic ring is 1. The van der Waals surface area contributed by atoms with E-state index in [1.165, 1.54) is 31.7 Å². The van der Waals surface area contributed by atoms with Crippen molar-refractivity contribution in [1.82, 2.24) is 19.5 Å². The Bertz CT molecular complexity index is 1140. The van der Waals surface area contributed by atoms with Crippen LogP contribution in [-0.4, -0.2) is 81.9 Å². The van der Waals surface area contributed by atoms with Gasteiger partial charge >= 0.3 is 13.6 Å². The van der Waals surface area contributed by atoms with Gasteiger partial charge in [0.05, 0.1) is 12.9 Å². The van der Waals surface area contributed by atoms with Crippen molar-refractivity contribution in [3.05, 3.63) is 12.2 Å². The van der Waals surface area contributed by atoms with Gasteiger partial charge in [-0.3, -0.25) is 9.13 Å². The zero-order valence-corrected chi connectivity index (χ0v) is 18.7. The molecule has 0 aliphatic carbocycles. The van der Waals surface area contributed by atoms with Gasteiger partial charge in [-0.15, -0.1) is 0 Å². The molecule has 6 N–H and O–H groups in total. The smallest absolute Gasteiger partial charge is 0.365 e. The molecule has 2 aromatic rings. The van der Waals surface area contributed by atoms with Crippen LogP contribution in [0.25, 0.3) is 11.2 Å². The molecule has 0 spiro atoms. The molecule has 5 atom stereocenters. The van der Waals surface area contributed by atoms with Crippen molar-refractivity contribution in [3.8, 4) is 6.07 Å². The molecule has 16 heteroatoms. The fourth-order valence-electron chi connectivity index (χ4n) is 3.11. The number of aliphatic hydroxyl groups is 2.